The quantitative estimate of drug-likeness (QED) is 0.887. The molecule has 0 unspecified atom stereocenters. The summed E-state index contributed by atoms with van der Waals surface area (Å²) < 4.78 is 31.8. The summed E-state index contributed by atoms with van der Waals surface area (Å²) in [7, 11) is 0. The minimum Gasteiger partial charge on any atom is -0.463 e. The fourth-order valence-electron chi connectivity index (χ4n) is 1.56. The summed E-state index contributed by atoms with van der Waals surface area (Å²) in [5, 5.41) is 2.81. The van der Waals surface area contributed by atoms with Gasteiger partial charge in [0.25, 0.3) is 0 Å². The van der Waals surface area contributed by atoms with Crippen molar-refractivity contribution in [3.8, 4) is 0 Å². The number of benzene rings is 1. The Kier molecular flexibility index (Phi) is 4.25. The van der Waals surface area contributed by atoms with Crippen molar-refractivity contribution in [2.24, 2.45) is 0 Å². The molecule has 2 rings (SSSR count). The number of furan rings is 1. The fourth-order valence-corrected chi connectivity index (χ4v) is 2.00. The normalized spacial score (nSPS) is 10.6. The first kappa shape index (κ1) is 13.0. The Labute approximate surface area is 108 Å². The first-order valence-corrected chi connectivity index (χ1v) is 6.84. The molecule has 0 atom stereocenters. The van der Waals surface area contributed by atoms with Crippen LogP contribution in [0.3, 0.4) is 0 Å². The molecule has 0 radical (unpaired) electrons. The molecule has 1 aromatic carbocycles. The van der Waals surface area contributed by atoms with Gasteiger partial charge in [0.1, 0.15) is 11.5 Å². The van der Waals surface area contributed by atoms with Crippen molar-refractivity contribution in [1.82, 2.24) is 0 Å². The lowest BCUT2D eigenvalue weighted by molar-refractivity contribution is 0.485. The van der Waals surface area contributed by atoms with Crippen LogP contribution >= 0.6 is 11.8 Å². The zero-order chi connectivity index (χ0) is 13.0. The lowest BCUT2D eigenvalue weighted by atomic mass is 10.3. The molecule has 0 fully saturated rings. The van der Waals surface area contributed by atoms with Gasteiger partial charge < -0.3 is 9.73 Å². The summed E-state index contributed by atoms with van der Waals surface area (Å²) in [5.41, 5.74) is 0.137. The van der Waals surface area contributed by atoms with Gasteiger partial charge in [0.05, 0.1) is 18.0 Å². The molecule has 0 amide bonds. The predicted molar refractivity (Wildman–Crippen MR) is 69.6 cm³/mol. The third-order valence-corrected chi connectivity index (χ3v) is 2.98. The van der Waals surface area contributed by atoms with Crippen LogP contribution in [-0.2, 0) is 12.3 Å². The van der Waals surface area contributed by atoms with Gasteiger partial charge in [0, 0.05) is 0 Å². The van der Waals surface area contributed by atoms with Crippen LogP contribution in [0.25, 0.3) is 0 Å². The van der Waals surface area contributed by atoms with Gasteiger partial charge in [-0.3, -0.25) is 0 Å². The topological polar surface area (TPSA) is 25.2 Å². The van der Waals surface area contributed by atoms with E-state index in [2.05, 4.69) is 5.32 Å². The number of hydrogen-bond donors (Lipinski definition) is 1. The largest absolute Gasteiger partial charge is 0.463 e. The number of hydrogen-bond acceptors (Lipinski definition) is 3. The minimum absolute atomic E-state index is 0.137. The van der Waals surface area contributed by atoms with Crippen LogP contribution in [0.1, 0.15) is 11.5 Å². The molecule has 0 spiro atoms. The molecule has 5 heteroatoms. The van der Waals surface area contributed by atoms with Crippen LogP contribution in [0.4, 0.5) is 14.5 Å². The Morgan fingerprint density at radius 3 is 2.72 bits per heavy atom. The smallest absolute Gasteiger partial charge is 0.181 e. The van der Waals surface area contributed by atoms with Gasteiger partial charge in [0.2, 0.25) is 0 Å². The van der Waals surface area contributed by atoms with E-state index >= 15 is 0 Å². The maximum absolute atomic E-state index is 13.4. The maximum atomic E-state index is 13.4. The first-order valence-electron chi connectivity index (χ1n) is 5.45. The lowest BCUT2D eigenvalue weighted by Crippen LogP contribution is -2.01. The monoisotopic (exact) mass is 269 g/mol. The van der Waals surface area contributed by atoms with Crippen LogP contribution in [0, 0.1) is 11.6 Å². The molecule has 2 nitrogen and oxygen atoms in total. The van der Waals surface area contributed by atoms with Gasteiger partial charge in [-0.25, -0.2) is 8.78 Å². The molecule has 18 heavy (non-hydrogen) atoms. The van der Waals surface area contributed by atoms with Crippen LogP contribution < -0.4 is 5.32 Å². The van der Waals surface area contributed by atoms with E-state index in [9.17, 15) is 8.78 Å². The standard InChI is InChI=1S/C13H13F2NOS/c1-18-8-10-6-5-9(17-10)7-16-12-4-2-3-11(14)13(12)15/h2-6,16H,7-8H2,1H3. The average Bonchev–Trinajstić information content (AvgIpc) is 2.79. The second-order valence-electron chi connectivity index (χ2n) is 3.76. The van der Waals surface area contributed by atoms with Crippen molar-refractivity contribution >= 4 is 17.4 Å². The molecule has 1 N–H and O–H groups in total. The Morgan fingerprint density at radius 2 is 1.94 bits per heavy atom. The van der Waals surface area contributed by atoms with Crippen molar-refractivity contribution in [3.05, 3.63) is 53.5 Å². The van der Waals surface area contributed by atoms with Gasteiger partial charge in [-0.1, -0.05) is 6.07 Å². The molecule has 0 saturated heterocycles. The van der Waals surface area contributed by atoms with E-state index in [1.165, 1.54) is 12.1 Å². The molecule has 2 aromatic rings. The van der Waals surface area contributed by atoms with Crippen molar-refractivity contribution in [2.45, 2.75) is 12.3 Å². The number of rotatable bonds is 5. The van der Waals surface area contributed by atoms with E-state index in [0.29, 0.717) is 12.3 Å². The predicted octanol–water partition coefficient (Wildman–Crippen LogP) is 4.03. The Morgan fingerprint density at radius 1 is 1.17 bits per heavy atom. The van der Waals surface area contributed by atoms with E-state index in [1.807, 2.05) is 18.4 Å². The Bertz CT molecular complexity index is 527. The van der Waals surface area contributed by atoms with E-state index in [-0.39, 0.29) is 5.69 Å². The van der Waals surface area contributed by atoms with Gasteiger partial charge in [-0.2, -0.15) is 11.8 Å². The first-order chi connectivity index (χ1) is 8.70. The molecule has 0 aliphatic heterocycles. The van der Waals surface area contributed by atoms with Crippen molar-refractivity contribution in [3.63, 3.8) is 0 Å². The molecular formula is C13H13F2NOS. The summed E-state index contributed by atoms with van der Waals surface area (Å²) in [6, 6.07) is 7.75. The lowest BCUT2D eigenvalue weighted by Gasteiger charge is -2.06. The van der Waals surface area contributed by atoms with E-state index in [4.69, 9.17) is 4.42 Å². The number of thioether (sulfide) groups is 1. The molecule has 0 aliphatic carbocycles. The Hall–Kier alpha value is -1.49. The fraction of sp³-hybridized carbons (Fsp3) is 0.231. The van der Waals surface area contributed by atoms with Gasteiger partial charge >= 0.3 is 0 Å². The third-order valence-electron chi connectivity index (χ3n) is 2.41. The second kappa shape index (κ2) is 5.91. The van der Waals surface area contributed by atoms with Crippen molar-refractivity contribution in [1.29, 1.82) is 0 Å². The van der Waals surface area contributed by atoms with E-state index in [1.54, 1.807) is 11.8 Å². The second-order valence-corrected chi connectivity index (χ2v) is 4.62. The van der Waals surface area contributed by atoms with E-state index < -0.39 is 11.6 Å². The molecular weight excluding hydrogens is 256 g/mol. The van der Waals surface area contributed by atoms with Crippen LogP contribution in [0.2, 0.25) is 0 Å². The van der Waals surface area contributed by atoms with Crippen LogP contribution in [0.15, 0.2) is 34.7 Å². The highest BCUT2D eigenvalue weighted by molar-refractivity contribution is 7.97. The van der Waals surface area contributed by atoms with E-state index in [0.717, 1.165) is 17.6 Å². The molecule has 0 bridgehead atoms. The summed E-state index contributed by atoms with van der Waals surface area (Å²) in [6.45, 7) is 0.328. The number of nitrogens with one attached hydrogen (secondary N) is 1. The molecule has 0 saturated carbocycles. The number of anilines is 1. The SMILES string of the molecule is CSCc1ccc(CNc2cccc(F)c2F)o1. The summed E-state index contributed by atoms with van der Waals surface area (Å²) in [6.07, 6.45) is 1.99. The minimum atomic E-state index is -0.867. The molecule has 1 heterocycles. The van der Waals surface area contributed by atoms with Crippen LogP contribution in [-0.4, -0.2) is 6.26 Å². The molecule has 96 valence electrons. The Balaban J connectivity index is 2.00. The van der Waals surface area contributed by atoms with Gasteiger partial charge in [0.15, 0.2) is 11.6 Å². The number of halogens is 2. The highest BCUT2D eigenvalue weighted by Gasteiger charge is 2.08. The summed E-state index contributed by atoms with van der Waals surface area (Å²) >= 11 is 1.66. The zero-order valence-electron chi connectivity index (χ0n) is 9.87. The summed E-state index contributed by atoms with van der Waals surface area (Å²) in [5.74, 6) is 0.645. The van der Waals surface area contributed by atoms with Gasteiger partial charge in [-0.15, -0.1) is 0 Å². The maximum Gasteiger partial charge on any atom is 0.181 e. The molecule has 0 aliphatic rings. The van der Waals surface area contributed by atoms with Crippen LogP contribution in [0.5, 0.6) is 0 Å². The highest BCUT2D eigenvalue weighted by Crippen LogP contribution is 2.19. The summed E-state index contributed by atoms with van der Waals surface area (Å²) in [4.78, 5) is 0. The van der Waals surface area contributed by atoms with Gasteiger partial charge in [-0.05, 0) is 30.5 Å². The third kappa shape index (κ3) is 3.04. The zero-order valence-corrected chi connectivity index (χ0v) is 10.7. The highest BCUT2D eigenvalue weighted by atomic mass is 32.2. The average molecular weight is 269 g/mol. The molecule has 1 aromatic heterocycles. The van der Waals surface area contributed by atoms with Crippen molar-refractivity contribution < 1.29 is 13.2 Å². The van der Waals surface area contributed by atoms with Crippen molar-refractivity contribution in [2.75, 3.05) is 11.6 Å².